The summed E-state index contributed by atoms with van der Waals surface area (Å²) in [6.45, 7) is 4.79. The van der Waals surface area contributed by atoms with E-state index in [1.54, 1.807) is 32.5 Å². The number of likely N-dealkylation sites (tertiary alicyclic amines) is 1. The summed E-state index contributed by atoms with van der Waals surface area (Å²) in [4.78, 5) is 24.8. The smallest absolute Gasteiger partial charge is 0.257 e. The first-order valence-corrected chi connectivity index (χ1v) is 11.6. The van der Waals surface area contributed by atoms with E-state index >= 15 is 0 Å². The summed E-state index contributed by atoms with van der Waals surface area (Å²) in [7, 11) is 3.13. The summed E-state index contributed by atoms with van der Waals surface area (Å²) < 4.78 is 10.9. The standard InChI is InChI=1S/C25H29ClN4O3/c1-5-16-8-6-7-11-30(16)25(31)18-14-27-24-17(10-9-15(2)28-24)23(18)29-20-12-19(26)21(32-3)13-22(20)33-4/h9-10,12-14,16H,5-8,11H2,1-4H3,(H,27,28,29)/t16-/m0/s1. The fraction of sp³-hybridized carbons (Fsp3) is 0.400. The number of carbonyl (C=O) groups is 1. The summed E-state index contributed by atoms with van der Waals surface area (Å²) in [5, 5.41) is 4.60. The Kier molecular flexibility index (Phi) is 6.88. The molecule has 1 aliphatic rings. The fourth-order valence-electron chi connectivity index (χ4n) is 4.41. The summed E-state index contributed by atoms with van der Waals surface area (Å²) in [5.74, 6) is 1.02. The van der Waals surface area contributed by atoms with Gasteiger partial charge < -0.3 is 19.7 Å². The van der Waals surface area contributed by atoms with Crippen molar-refractivity contribution in [3.8, 4) is 11.5 Å². The third-order valence-electron chi connectivity index (χ3n) is 6.19. The second kappa shape index (κ2) is 9.83. The number of nitrogens with zero attached hydrogens (tertiary/aromatic N) is 3. The van der Waals surface area contributed by atoms with Crippen LogP contribution in [0, 0.1) is 6.92 Å². The van der Waals surface area contributed by atoms with Crippen molar-refractivity contribution in [2.75, 3.05) is 26.1 Å². The lowest BCUT2D eigenvalue weighted by Gasteiger charge is -2.35. The molecule has 3 heterocycles. The molecular formula is C25H29ClN4O3. The lowest BCUT2D eigenvalue weighted by Crippen LogP contribution is -2.43. The highest BCUT2D eigenvalue weighted by molar-refractivity contribution is 6.32. The maximum absolute atomic E-state index is 13.8. The zero-order valence-electron chi connectivity index (χ0n) is 19.4. The Morgan fingerprint density at radius 3 is 2.73 bits per heavy atom. The Hall–Kier alpha value is -3.06. The summed E-state index contributed by atoms with van der Waals surface area (Å²) in [6, 6.07) is 7.54. The van der Waals surface area contributed by atoms with Gasteiger partial charge in [-0.2, -0.15) is 0 Å². The normalized spacial score (nSPS) is 16.0. The van der Waals surface area contributed by atoms with E-state index in [-0.39, 0.29) is 11.9 Å². The Balaban J connectivity index is 1.85. The molecule has 1 aliphatic heterocycles. The number of rotatable bonds is 6. The van der Waals surface area contributed by atoms with Gasteiger partial charge in [0.1, 0.15) is 11.5 Å². The van der Waals surface area contributed by atoms with Crippen LogP contribution in [0.5, 0.6) is 11.5 Å². The van der Waals surface area contributed by atoms with Crippen LogP contribution in [0.2, 0.25) is 5.02 Å². The van der Waals surface area contributed by atoms with Crippen LogP contribution < -0.4 is 14.8 Å². The van der Waals surface area contributed by atoms with Gasteiger partial charge in [-0.1, -0.05) is 18.5 Å². The van der Waals surface area contributed by atoms with Gasteiger partial charge in [0.25, 0.3) is 5.91 Å². The highest BCUT2D eigenvalue weighted by Crippen LogP contribution is 2.39. The molecule has 1 aromatic carbocycles. The Morgan fingerprint density at radius 2 is 2.00 bits per heavy atom. The van der Waals surface area contributed by atoms with Gasteiger partial charge in [-0.15, -0.1) is 0 Å². The minimum atomic E-state index is -0.0300. The van der Waals surface area contributed by atoms with Crippen LogP contribution in [0.1, 0.15) is 48.7 Å². The van der Waals surface area contributed by atoms with E-state index in [0.717, 1.165) is 43.3 Å². The van der Waals surface area contributed by atoms with Crippen molar-refractivity contribution in [3.63, 3.8) is 0 Å². The van der Waals surface area contributed by atoms with Gasteiger partial charge in [0.15, 0.2) is 5.65 Å². The molecule has 0 saturated carbocycles. The van der Waals surface area contributed by atoms with Gasteiger partial charge >= 0.3 is 0 Å². The van der Waals surface area contributed by atoms with Crippen LogP contribution in [-0.2, 0) is 0 Å². The van der Waals surface area contributed by atoms with Crippen molar-refractivity contribution in [3.05, 3.63) is 46.7 Å². The molecule has 2 aromatic heterocycles. The maximum Gasteiger partial charge on any atom is 0.257 e. The number of benzene rings is 1. The van der Waals surface area contributed by atoms with Gasteiger partial charge in [0.2, 0.25) is 0 Å². The first-order chi connectivity index (χ1) is 16.0. The van der Waals surface area contributed by atoms with E-state index in [9.17, 15) is 4.79 Å². The number of fused-ring (bicyclic) bond motifs is 1. The number of ether oxygens (including phenoxy) is 2. The highest BCUT2D eigenvalue weighted by Gasteiger charge is 2.29. The second-order valence-corrected chi connectivity index (χ2v) is 8.65. The second-order valence-electron chi connectivity index (χ2n) is 8.24. The molecular weight excluding hydrogens is 440 g/mol. The van der Waals surface area contributed by atoms with Gasteiger partial charge in [-0.3, -0.25) is 4.79 Å². The molecule has 1 N–H and O–H groups in total. The molecule has 1 fully saturated rings. The van der Waals surface area contributed by atoms with Gasteiger partial charge in [0, 0.05) is 35.9 Å². The van der Waals surface area contributed by atoms with Crippen LogP contribution in [0.15, 0.2) is 30.5 Å². The van der Waals surface area contributed by atoms with Gasteiger partial charge in [0.05, 0.1) is 36.2 Å². The van der Waals surface area contributed by atoms with Crippen LogP contribution in [-0.4, -0.2) is 47.6 Å². The van der Waals surface area contributed by atoms with E-state index in [2.05, 4.69) is 22.2 Å². The number of amides is 1. The molecule has 1 atom stereocenters. The third kappa shape index (κ3) is 4.55. The first-order valence-electron chi connectivity index (χ1n) is 11.2. The monoisotopic (exact) mass is 468 g/mol. The molecule has 0 bridgehead atoms. The molecule has 3 aromatic rings. The quantitative estimate of drug-likeness (QED) is 0.495. The van der Waals surface area contributed by atoms with Crippen LogP contribution in [0.3, 0.4) is 0 Å². The zero-order chi connectivity index (χ0) is 23.5. The van der Waals surface area contributed by atoms with E-state index in [0.29, 0.717) is 39.1 Å². The predicted molar refractivity (Wildman–Crippen MR) is 131 cm³/mol. The molecule has 4 rings (SSSR count). The van der Waals surface area contributed by atoms with E-state index in [1.807, 2.05) is 24.0 Å². The lowest BCUT2D eigenvalue weighted by atomic mass is 9.98. The zero-order valence-corrected chi connectivity index (χ0v) is 20.2. The minimum absolute atomic E-state index is 0.0300. The predicted octanol–water partition coefficient (Wildman–Crippen LogP) is 5.76. The number of piperidine rings is 1. The average Bonchev–Trinajstić information content (AvgIpc) is 2.83. The number of hydrogen-bond acceptors (Lipinski definition) is 6. The van der Waals surface area contributed by atoms with Crippen molar-refractivity contribution in [1.29, 1.82) is 0 Å². The molecule has 1 saturated heterocycles. The van der Waals surface area contributed by atoms with Crippen LogP contribution in [0.4, 0.5) is 11.4 Å². The molecule has 8 heteroatoms. The first kappa shape index (κ1) is 23.1. The van der Waals surface area contributed by atoms with Crippen molar-refractivity contribution in [2.24, 2.45) is 0 Å². The molecule has 33 heavy (non-hydrogen) atoms. The van der Waals surface area contributed by atoms with E-state index < -0.39 is 0 Å². The highest BCUT2D eigenvalue weighted by atomic mass is 35.5. The van der Waals surface area contributed by atoms with Crippen LogP contribution >= 0.6 is 11.6 Å². The van der Waals surface area contributed by atoms with Crippen molar-refractivity contribution in [2.45, 2.75) is 45.6 Å². The Morgan fingerprint density at radius 1 is 1.21 bits per heavy atom. The summed E-state index contributed by atoms with van der Waals surface area (Å²) in [6.07, 6.45) is 5.73. The van der Waals surface area contributed by atoms with Gasteiger partial charge in [-0.25, -0.2) is 9.97 Å². The minimum Gasteiger partial charge on any atom is -0.495 e. The van der Waals surface area contributed by atoms with Crippen LogP contribution in [0.25, 0.3) is 11.0 Å². The topological polar surface area (TPSA) is 76.6 Å². The summed E-state index contributed by atoms with van der Waals surface area (Å²) >= 11 is 6.41. The fourth-order valence-corrected chi connectivity index (χ4v) is 4.65. The number of nitrogens with one attached hydrogen (secondary N) is 1. The molecule has 0 spiro atoms. The maximum atomic E-state index is 13.8. The number of anilines is 2. The van der Waals surface area contributed by atoms with E-state index in [1.165, 1.54) is 0 Å². The number of pyridine rings is 2. The molecule has 0 aliphatic carbocycles. The molecule has 1 amide bonds. The molecule has 0 radical (unpaired) electrons. The number of carbonyl (C=O) groups excluding carboxylic acids is 1. The summed E-state index contributed by atoms with van der Waals surface area (Å²) in [5.41, 5.74) is 3.18. The lowest BCUT2D eigenvalue weighted by molar-refractivity contribution is 0.0609. The van der Waals surface area contributed by atoms with Crippen molar-refractivity contribution >= 4 is 39.9 Å². The largest absolute Gasteiger partial charge is 0.495 e. The van der Waals surface area contributed by atoms with Gasteiger partial charge in [-0.05, 0) is 50.8 Å². The SMILES string of the molecule is CC[C@H]1CCCCN1C(=O)c1cnc2nc(C)ccc2c1Nc1cc(Cl)c(OC)cc1OC. The molecule has 0 unspecified atom stereocenters. The van der Waals surface area contributed by atoms with E-state index in [4.69, 9.17) is 21.1 Å². The van der Waals surface area contributed by atoms with Crippen molar-refractivity contribution < 1.29 is 14.3 Å². The number of hydrogen-bond donors (Lipinski definition) is 1. The third-order valence-corrected chi connectivity index (χ3v) is 6.49. The molecule has 7 nitrogen and oxygen atoms in total. The van der Waals surface area contributed by atoms with Crippen molar-refractivity contribution in [1.82, 2.24) is 14.9 Å². The average molecular weight is 469 g/mol. The number of methoxy groups -OCH3 is 2. The molecule has 174 valence electrons. The number of aromatic nitrogens is 2. The Labute approximate surface area is 199 Å². The Bertz CT molecular complexity index is 1180. The number of halogens is 1. The number of aryl methyl sites for hydroxylation is 1.